The third-order valence-corrected chi connectivity index (χ3v) is 4.42. The summed E-state index contributed by atoms with van der Waals surface area (Å²) < 4.78 is 24.6. The maximum absolute atomic E-state index is 11.5. The molecule has 0 radical (unpaired) electrons. The first-order valence-electron chi connectivity index (χ1n) is 4.74. The molecule has 1 rings (SSSR count). The molecule has 78 valence electrons. The van der Waals surface area contributed by atoms with Crippen molar-refractivity contribution in [3.8, 4) is 0 Å². The van der Waals surface area contributed by atoms with E-state index in [9.17, 15) is 8.42 Å². The molecule has 13 heavy (non-hydrogen) atoms. The maximum Gasteiger partial charge on any atom is 0.215 e. The monoisotopic (exact) mass is 206 g/mol. The van der Waals surface area contributed by atoms with E-state index in [4.69, 9.17) is 5.73 Å². The summed E-state index contributed by atoms with van der Waals surface area (Å²) in [6, 6.07) is 0. The summed E-state index contributed by atoms with van der Waals surface area (Å²) in [5, 5.41) is 0. The summed E-state index contributed by atoms with van der Waals surface area (Å²) in [5.74, 6) is 0.741. The third-order valence-electron chi connectivity index (χ3n) is 2.51. The second kappa shape index (κ2) is 4.39. The van der Waals surface area contributed by atoms with Gasteiger partial charge in [0.2, 0.25) is 10.0 Å². The van der Waals surface area contributed by atoms with Crippen LogP contribution in [0.3, 0.4) is 0 Å². The van der Waals surface area contributed by atoms with Crippen molar-refractivity contribution in [1.82, 2.24) is 4.31 Å². The second-order valence-corrected chi connectivity index (χ2v) is 5.77. The van der Waals surface area contributed by atoms with E-state index < -0.39 is 10.0 Å². The van der Waals surface area contributed by atoms with E-state index in [1.165, 1.54) is 0 Å². The molecular weight excluding hydrogens is 188 g/mol. The van der Waals surface area contributed by atoms with Crippen molar-refractivity contribution < 1.29 is 8.42 Å². The third kappa shape index (κ3) is 2.93. The summed E-state index contributed by atoms with van der Waals surface area (Å²) >= 11 is 0. The van der Waals surface area contributed by atoms with Gasteiger partial charge in [-0.1, -0.05) is 6.92 Å². The lowest BCUT2D eigenvalue weighted by atomic mass is 10.0. The Hall–Kier alpha value is -0.130. The highest BCUT2D eigenvalue weighted by Crippen LogP contribution is 2.18. The molecule has 0 bridgehead atoms. The lowest BCUT2D eigenvalue weighted by molar-refractivity contribution is 0.288. The molecule has 0 aromatic heterocycles. The van der Waals surface area contributed by atoms with Crippen molar-refractivity contribution in [3.05, 3.63) is 0 Å². The first-order chi connectivity index (χ1) is 6.06. The van der Waals surface area contributed by atoms with E-state index in [1.54, 1.807) is 4.31 Å². The summed E-state index contributed by atoms with van der Waals surface area (Å²) in [4.78, 5) is 0. The van der Waals surface area contributed by atoms with Gasteiger partial charge in [0.15, 0.2) is 0 Å². The van der Waals surface area contributed by atoms with Crippen molar-refractivity contribution in [2.24, 2.45) is 11.7 Å². The second-order valence-electron chi connectivity index (χ2n) is 3.69. The Kier molecular flexibility index (Phi) is 3.70. The molecule has 0 aliphatic carbocycles. The van der Waals surface area contributed by atoms with Crippen molar-refractivity contribution in [2.75, 3.05) is 25.4 Å². The number of hydrogen-bond acceptors (Lipinski definition) is 3. The minimum absolute atomic E-state index is 0.0847. The molecule has 0 atom stereocenters. The van der Waals surface area contributed by atoms with Crippen LogP contribution in [0, 0.1) is 5.92 Å². The molecule has 1 fully saturated rings. The molecule has 0 spiro atoms. The lowest BCUT2D eigenvalue weighted by Gasteiger charge is -2.29. The van der Waals surface area contributed by atoms with E-state index in [1.807, 2.05) is 0 Å². The van der Waals surface area contributed by atoms with Crippen LogP contribution in [0.4, 0.5) is 0 Å². The van der Waals surface area contributed by atoms with Gasteiger partial charge >= 0.3 is 0 Å². The number of nitrogens with zero attached hydrogens (tertiary/aromatic N) is 1. The Morgan fingerprint density at radius 1 is 1.38 bits per heavy atom. The summed E-state index contributed by atoms with van der Waals surface area (Å²) in [5.41, 5.74) is 5.24. The minimum Gasteiger partial charge on any atom is -0.329 e. The molecular formula is C8H18N2O2S. The predicted octanol–water partition coefficient (Wildman–Crippen LogP) is 0.00680. The van der Waals surface area contributed by atoms with Gasteiger partial charge in [0, 0.05) is 19.6 Å². The van der Waals surface area contributed by atoms with Gasteiger partial charge < -0.3 is 5.73 Å². The molecule has 0 aromatic carbocycles. The smallest absolute Gasteiger partial charge is 0.215 e. The molecule has 1 aliphatic rings. The molecule has 0 saturated carbocycles. The highest BCUT2D eigenvalue weighted by molar-refractivity contribution is 7.89. The van der Waals surface area contributed by atoms with Crippen LogP contribution in [0.15, 0.2) is 0 Å². The zero-order valence-corrected chi connectivity index (χ0v) is 8.89. The lowest BCUT2D eigenvalue weighted by Crippen LogP contribution is -2.40. The number of piperidine rings is 1. The Morgan fingerprint density at radius 2 is 1.92 bits per heavy atom. The molecule has 0 unspecified atom stereocenters. The van der Waals surface area contributed by atoms with Gasteiger partial charge in [-0.25, -0.2) is 12.7 Å². The maximum atomic E-state index is 11.5. The zero-order chi connectivity index (χ0) is 9.90. The number of nitrogens with two attached hydrogens (primary N) is 1. The molecule has 2 N–H and O–H groups in total. The Balaban J connectivity index is 2.53. The largest absolute Gasteiger partial charge is 0.329 e. The molecule has 0 amide bonds. The molecule has 1 aliphatic heterocycles. The normalized spacial score (nSPS) is 22.0. The van der Waals surface area contributed by atoms with Crippen molar-refractivity contribution in [3.63, 3.8) is 0 Å². The van der Waals surface area contributed by atoms with Crippen LogP contribution >= 0.6 is 0 Å². The SMILES string of the molecule is CC1CCN(S(=O)(=O)CCN)CC1. The summed E-state index contributed by atoms with van der Waals surface area (Å²) in [6.07, 6.45) is 1.95. The average molecular weight is 206 g/mol. The van der Waals surface area contributed by atoms with Crippen LogP contribution in [0.5, 0.6) is 0 Å². The van der Waals surface area contributed by atoms with Gasteiger partial charge in [0.1, 0.15) is 0 Å². The molecule has 1 heterocycles. The first kappa shape index (κ1) is 10.9. The van der Waals surface area contributed by atoms with Crippen LogP contribution in [-0.4, -0.2) is 38.1 Å². The highest BCUT2D eigenvalue weighted by atomic mass is 32.2. The van der Waals surface area contributed by atoms with Crippen LogP contribution in [0.2, 0.25) is 0 Å². The molecule has 4 nitrogen and oxygen atoms in total. The topological polar surface area (TPSA) is 63.4 Å². The van der Waals surface area contributed by atoms with Crippen molar-refractivity contribution in [1.29, 1.82) is 0 Å². The highest BCUT2D eigenvalue weighted by Gasteiger charge is 2.25. The standard InChI is InChI=1S/C8H18N2O2S/c1-8-2-5-10(6-3-8)13(11,12)7-4-9/h8H,2-7,9H2,1H3. The quantitative estimate of drug-likeness (QED) is 0.707. The fraction of sp³-hybridized carbons (Fsp3) is 1.00. The average Bonchev–Trinajstić information content (AvgIpc) is 2.05. The number of rotatable bonds is 3. The fourth-order valence-electron chi connectivity index (χ4n) is 1.54. The van der Waals surface area contributed by atoms with E-state index in [0.717, 1.165) is 12.8 Å². The Bertz CT molecular complexity index is 243. The van der Waals surface area contributed by atoms with Gasteiger partial charge in [0.25, 0.3) is 0 Å². The van der Waals surface area contributed by atoms with E-state index >= 15 is 0 Å². The minimum atomic E-state index is -3.05. The van der Waals surface area contributed by atoms with Gasteiger partial charge in [0.05, 0.1) is 5.75 Å². The number of sulfonamides is 1. The van der Waals surface area contributed by atoms with Crippen LogP contribution in [0.1, 0.15) is 19.8 Å². The van der Waals surface area contributed by atoms with E-state index in [-0.39, 0.29) is 12.3 Å². The molecule has 1 saturated heterocycles. The van der Waals surface area contributed by atoms with E-state index in [2.05, 4.69) is 6.92 Å². The van der Waals surface area contributed by atoms with Gasteiger partial charge in [-0.3, -0.25) is 0 Å². The van der Waals surface area contributed by atoms with Gasteiger partial charge in [-0.05, 0) is 18.8 Å². The summed E-state index contributed by atoms with van der Waals surface area (Å²) in [6.45, 7) is 3.72. The Morgan fingerprint density at radius 3 is 2.38 bits per heavy atom. The van der Waals surface area contributed by atoms with Gasteiger partial charge in [-0.2, -0.15) is 0 Å². The Labute approximate surface area is 80.1 Å². The number of hydrogen-bond donors (Lipinski definition) is 1. The summed E-state index contributed by atoms with van der Waals surface area (Å²) in [7, 11) is -3.05. The van der Waals surface area contributed by atoms with Gasteiger partial charge in [-0.15, -0.1) is 0 Å². The fourth-order valence-corrected chi connectivity index (χ4v) is 2.86. The van der Waals surface area contributed by atoms with Crippen LogP contribution in [-0.2, 0) is 10.0 Å². The predicted molar refractivity (Wildman–Crippen MR) is 52.8 cm³/mol. The first-order valence-corrected chi connectivity index (χ1v) is 6.35. The van der Waals surface area contributed by atoms with E-state index in [0.29, 0.717) is 19.0 Å². The molecule has 5 heteroatoms. The van der Waals surface area contributed by atoms with Crippen LogP contribution in [0.25, 0.3) is 0 Å². The zero-order valence-electron chi connectivity index (χ0n) is 8.07. The molecule has 0 aromatic rings. The van der Waals surface area contributed by atoms with Crippen LogP contribution < -0.4 is 5.73 Å². The van der Waals surface area contributed by atoms with Crippen molar-refractivity contribution >= 4 is 10.0 Å². The van der Waals surface area contributed by atoms with Crippen molar-refractivity contribution in [2.45, 2.75) is 19.8 Å².